The van der Waals surface area contributed by atoms with E-state index < -0.39 is 0 Å². The lowest BCUT2D eigenvalue weighted by atomic mass is 10.4. The Kier molecular flexibility index (Phi) is 19.5. The van der Waals surface area contributed by atoms with Gasteiger partial charge in [-0.1, -0.05) is 38.2 Å². The van der Waals surface area contributed by atoms with Gasteiger partial charge in [-0.05, 0) is 12.8 Å². The minimum atomic E-state index is 0.0144. The molecule has 0 saturated heterocycles. The van der Waals surface area contributed by atoms with Crippen LogP contribution < -0.4 is 0 Å². The second-order valence-electron chi connectivity index (χ2n) is 2.12. The minimum absolute atomic E-state index is 0.0144. The second-order valence-corrected chi connectivity index (χ2v) is 2.12. The molecule has 0 atom stereocenters. The molecule has 2 nitrogen and oxygen atoms in total. The van der Waals surface area contributed by atoms with E-state index in [1.54, 1.807) is 0 Å². The Morgan fingerprint density at radius 3 is 1.25 bits per heavy atom. The zero-order chi connectivity index (χ0) is 9.66. The van der Waals surface area contributed by atoms with Crippen molar-refractivity contribution in [3.63, 3.8) is 0 Å². The summed E-state index contributed by atoms with van der Waals surface area (Å²) in [4.78, 5) is 0. The van der Waals surface area contributed by atoms with Crippen molar-refractivity contribution < 1.29 is 10.2 Å². The lowest BCUT2D eigenvalue weighted by Gasteiger charge is -1.73. The fraction of sp³-hybridized carbons (Fsp3) is 0.600. The van der Waals surface area contributed by atoms with Crippen molar-refractivity contribution in [3.05, 3.63) is 24.3 Å². The maximum Gasteiger partial charge on any atom is 0.0613 e. The molecule has 0 aliphatic heterocycles. The Balaban J connectivity index is 0. The van der Waals surface area contributed by atoms with E-state index >= 15 is 0 Å². The summed E-state index contributed by atoms with van der Waals surface area (Å²) < 4.78 is 0. The topological polar surface area (TPSA) is 40.5 Å². The third-order valence-electron chi connectivity index (χ3n) is 1.02. The maximum atomic E-state index is 8.00. The van der Waals surface area contributed by atoms with Gasteiger partial charge in [0.05, 0.1) is 13.2 Å². The van der Waals surface area contributed by atoms with Crippen molar-refractivity contribution in [2.45, 2.75) is 26.7 Å². The predicted octanol–water partition coefficient (Wildman–Crippen LogP) is 1.89. The van der Waals surface area contributed by atoms with Gasteiger partial charge in [-0.25, -0.2) is 0 Å². The van der Waals surface area contributed by atoms with Gasteiger partial charge < -0.3 is 10.2 Å². The SMILES string of the molecule is CC/C=C\CC.OC/C=C\CO. The molecule has 0 amide bonds. The van der Waals surface area contributed by atoms with Gasteiger partial charge in [-0.2, -0.15) is 0 Å². The standard InChI is InChI=1S/C6H12.C4H8O2/c1-3-5-6-4-2;5-3-1-2-4-6/h5-6H,3-4H2,1-2H3;1-2,5-6H,3-4H2/b6-5-;2-1-. The van der Waals surface area contributed by atoms with E-state index in [4.69, 9.17) is 10.2 Å². The summed E-state index contributed by atoms with van der Waals surface area (Å²) in [6.45, 7) is 4.32. The fourth-order valence-corrected chi connectivity index (χ4v) is 0.482. The summed E-state index contributed by atoms with van der Waals surface area (Å²) in [6, 6.07) is 0. The molecule has 0 aliphatic carbocycles. The van der Waals surface area contributed by atoms with Gasteiger partial charge in [0.25, 0.3) is 0 Å². The number of rotatable bonds is 4. The lowest BCUT2D eigenvalue weighted by Crippen LogP contribution is -1.74. The Hall–Kier alpha value is -0.600. The molecule has 0 heterocycles. The fourth-order valence-electron chi connectivity index (χ4n) is 0.482. The average molecular weight is 172 g/mol. The molecule has 0 unspecified atom stereocenters. The van der Waals surface area contributed by atoms with Gasteiger partial charge in [0, 0.05) is 0 Å². The highest BCUT2D eigenvalue weighted by molar-refractivity contribution is 4.79. The molecule has 12 heavy (non-hydrogen) atoms. The van der Waals surface area contributed by atoms with E-state index in [9.17, 15) is 0 Å². The highest BCUT2D eigenvalue weighted by atomic mass is 16.3. The van der Waals surface area contributed by atoms with Crippen LogP contribution in [-0.4, -0.2) is 23.4 Å². The van der Waals surface area contributed by atoms with Crippen LogP contribution in [0.25, 0.3) is 0 Å². The van der Waals surface area contributed by atoms with Crippen LogP contribution in [0.3, 0.4) is 0 Å². The zero-order valence-electron chi connectivity index (χ0n) is 8.03. The Bertz CT molecular complexity index is 80.4. The second kappa shape index (κ2) is 16.8. The molecule has 0 radical (unpaired) electrons. The quantitative estimate of drug-likeness (QED) is 0.636. The molecule has 72 valence electrons. The smallest absolute Gasteiger partial charge is 0.0613 e. The van der Waals surface area contributed by atoms with Gasteiger partial charge in [0.2, 0.25) is 0 Å². The van der Waals surface area contributed by atoms with E-state index in [1.165, 1.54) is 25.0 Å². The highest BCUT2D eigenvalue weighted by Crippen LogP contribution is 1.81. The molecule has 0 aromatic carbocycles. The van der Waals surface area contributed by atoms with E-state index in [0.717, 1.165) is 0 Å². The van der Waals surface area contributed by atoms with Crippen molar-refractivity contribution in [2.75, 3.05) is 13.2 Å². The first kappa shape index (κ1) is 14.0. The van der Waals surface area contributed by atoms with Gasteiger partial charge >= 0.3 is 0 Å². The Labute approximate surface area is 75.2 Å². The Morgan fingerprint density at radius 2 is 1.08 bits per heavy atom. The van der Waals surface area contributed by atoms with Gasteiger partial charge in [-0.15, -0.1) is 0 Å². The zero-order valence-corrected chi connectivity index (χ0v) is 8.03. The minimum Gasteiger partial charge on any atom is -0.392 e. The van der Waals surface area contributed by atoms with Crippen molar-refractivity contribution in [2.24, 2.45) is 0 Å². The molecule has 2 N–H and O–H groups in total. The summed E-state index contributed by atoms with van der Waals surface area (Å²) in [5.74, 6) is 0. The molecule has 0 bridgehead atoms. The molecule has 0 aliphatic rings. The van der Waals surface area contributed by atoms with Gasteiger partial charge in [-0.3, -0.25) is 0 Å². The summed E-state index contributed by atoms with van der Waals surface area (Å²) in [5.41, 5.74) is 0. The van der Waals surface area contributed by atoms with Crippen molar-refractivity contribution in [1.82, 2.24) is 0 Å². The van der Waals surface area contributed by atoms with Crippen LogP contribution in [0.2, 0.25) is 0 Å². The molecule has 0 rings (SSSR count). The molecule has 2 heteroatoms. The van der Waals surface area contributed by atoms with Crippen LogP contribution in [0.5, 0.6) is 0 Å². The van der Waals surface area contributed by atoms with E-state index in [1.807, 2.05) is 0 Å². The van der Waals surface area contributed by atoms with E-state index in [-0.39, 0.29) is 13.2 Å². The molecular weight excluding hydrogens is 152 g/mol. The third-order valence-corrected chi connectivity index (χ3v) is 1.02. The van der Waals surface area contributed by atoms with Crippen LogP contribution in [-0.2, 0) is 0 Å². The predicted molar refractivity (Wildman–Crippen MR) is 53.0 cm³/mol. The monoisotopic (exact) mass is 172 g/mol. The summed E-state index contributed by atoms with van der Waals surface area (Å²) in [7, 11) is 0. The lowest BCUT2D eigenvalue weighted by molar-refractivity contribution is 0.329. The molecule has 0 saturated carbocycles. The molecule has 0 aromatic heterocycles. The summed E-state index contributed by atoms with van der Waals surface area (Å²) in [5, 5.41) is 16.0. The van der Waals surface area contributed by atoms with Gasteiger partial charge in [0.1, 0.15) is 0 Å². The molecular formula is C10H20O2. The number of hydrogen-bond donors (Lipinski definition) is 2. The van der Waals surface area contributed by atoms with Crippen LogP contribution in [0, 0.1) is 0 Å². The molecule has 0 spiro atoms. The summed E-state index contributed by atoms with van der Waals surface area (Å²) in [6.07, 6.45) is 9.68. The van der Waals surface area contributed by atoms with Crippen molar-refractivity contribution >= 4 is 0 Å². The number of aliphatic hydroxyl groups excluding tert-OH is 2. The van der Waals surface area contributed by atoms with Crippen LogP contribution in [0.4, 0.5) is 0 Å². The van der Waals surface area contributed by atoms with Crippen LogP contribution in [0.15, 0.2) is 24.3 Å². The average Bonchev–Trinajstić information content (AvgIpc) is 2.12. The van der Waals surface area contributed by atoms with E-state index in [0.29, 0.717) is 0 Å². The number of allylic oxidation sites excluding steroid dienone is 2. The first-order chi connectivity index (χ1) is 5.83. The van der Waals surface area contributed by atoms with Gasteiger partial charge in [0.15, 0.2) is 0 Å². The maximum absolute atomic E-state index is 8.00. The summed E-state index contributed by atoms with van der Waals surface area (Å²) >= 11 is 0. The normalized spacial score (nSPS) is 10.3. The van der Waals surface area contributed by atoms with E-state index in [2.05, 4.69) is 26.0 Å². The van der Waals surface area contributed by atoms with Crippen LogP contribution >= 0.6 is 0 Å². The Morgan fingerprint density at radius 1 is 0.750 bits per heavy atom. The number of hydrogen-bond acceptors (Lipinski definition) is 2. The highest BCUT2D eigenvalue weighted by Gasteiger charge is 1.61. The third kappa shape index (κ3) is 22.7. The van der Waals surface area contributed by atoms with Crippen LogP contribution in [0.1, 0.15) is 26.7 Å². The number of aliphatic hydroxyl groups is 2. The molecule has 0 aromatic rings. The first-order valence-corrected chi connectivity index (χ1v) is 4.35. The van der Waals surface area contributed by atoms with Crippen molar-refractivity contribution in [1.29, 1.82) is 0 Å². The molecule has 0 fully saturated rings. The largest absolute Gasteiger partial charge is 0.392 e. The first-order valence-electron chi connectivity index (χ1n) is 4.35. The van der Waals surface area contributed by atoms with Crippen molar-refractivity contribution in [3.8, 4) is 0 Å².